The van der Waals surface area contributed by atoms with E-state index in [0.717, 1.165) is 11.1 Å². The maximum absolute atomic E-state index is 13.1. The fraction of sp³-hybridized carbons (Fsp3) is 0.200. The first-order valence-corrected chi connectivity index (χ1v) is 6.84. The third kappa shape index (κ3) is 3.92. The van der Waals surface area contributed by atoms with Gasteiger partial charge in [0.1, 0.15) is 11.6 Å². The molecule has 0 spiro atoms. The molecule has 20 heavy (non-hydrogen) atoms. The number of halogens is 4. The van der Waals surface area contributed by atoms with E-state index in [1.807, 2.05) is 0 Å². The number of hydrogen-bond donors (Lipinski definition) is 1. The van der Waals surface area contributed by atoms with E-state index in [9.17, 15) is 8.78 Å². The summed E-state index contributed by atoms with van der Waals surface area (Å²) in [5.41, 5.74) is 7.68. The maximum atomic E-state index is 13.1. The molecule has 0 heterocycles. The molecule has 2 N–H and O–H groups in total. The second kappa shape index (κ2) is 6.53. The smallest absolute Gasteiger partial charge is 0.141 e. The lowest BCUT2D eigenvalue weighted by atomic mass is 9.99. The van der Waals surface area contributed by atoms with E-state index in [2.05, 4.69) is 0 Å². The van der Waals surface area contributed by atoms with E-state index in [4.69, 9.17) is 28.9 Å². The minimum Gasteiger partial charge on any atom is -0.327 e. The first kappa shape index (κ1) is 15.2. The van der Waals surface area contributed by atoms with Crippen LogP contribution in [-0.4, -0.2) is 6.04 Å². The fourth-order valence-electron chi connectivity index (χ4n) is 2.01. The van der Waals surface area contributed by atoms with Crippen LogP contribution in [0.15, 0.2) is 36.4 Å². The number of rotatable bonds is 4. The first-order chi connectivity index (χ1) is 9.45. The van der Waals surface area contributed by atoms with Gasteiger partial charge in [-0.2, -0.15) is 0 Å². The van der Waals surface area contributed by atoms with Crippen molar-refractivity contribution in [2.24, 2.45) is 5.73 Å². The fourth-order valence-corrected chi connectivity index (χ4v) is 2.46. The summed E-state index contributed by atoms with van der Waals surface area (Å²) >= 11 is 11.7. The quantitative estimate of drug-likeness (QED) is 0.890. The lowest BCUT2D eigenvalue weighted by molar-refractivity contribution is 0.621. The van der Waals surface area contributed by atoms with E-state index in [1.165, 1.54) is 18.2 Å². The monoisotopic (exact) mass is 315 g/mol. The molecule has 0 fully saturated rings. The molecule has 106 valence electrons. The maximum Gasteiger partial charge on any atom is 0.141 e. The average Bonchev–Trinajstić information content (AvgIpc) is 2.37. The molecule has 0 saturated carbocycles. The molecule has 2 aromatic rings. The van der Waals surface area contributed by atoms with Gasteiger partial charge in [0.05, 0.1) is 5.02 Å². The summed E-state index contributed by atoms with van der Waals surface area (Å²) in [5.74, 6) is -0.830. The summed E-state index contributed by atoms with van der Waals surface area (Å²) in [6, 6.07) is 8.54. The van der Waals surface area contributed by atoms with Crippen LogP contribution in [0.2, 0.25) is 10.0 Å². The molecule has 1 unspecified atom stereocenters. The van der Waals surface area contributed by atoms with Gasteiger partial charge in [0, 0.05) is 11.1 Å². The molecule has 0 aliphatic rings. The van der Waals surface area contributed by atoms with Crippen molar-refractivity contribution in [2.75, 3.05) is 0 Å². The van der Waals surface area contributed by atoms with Gasteiger partial charge in [-0.05, 0) is 48.2 Å². The summed E-state index contributed by atoms with van der Waals surface area (Å²) < 4.78 is 26.0. The van der Waals surface area contributed by atoms with Gasteiger partial charge in [-0.3, -0.25) is 0 Å². The summed E-state index contributed by atoms with van der Waals surface area (Å²) in [4.78, 5) is 0. The van der Waals surface area contributed by atoms with Crippen molar-refractivity contribution in [3.8, 4) is 0 Å². The summed E-state index contributed by atoms with van der Waals surface area (Å²) in [5, 5.41) is 0.437. The molecule has 2 aromatic carbocycles. The Morgan fingerprint density at radius 3 is 2.35 bits per heavy atom. The summed E-state index contributed by atoms with van der Waals surface area (Å²) in [7, 11) is 0. The molecule has 1 atom stereocenters. The Kier molecular flexibility index (Phi) is 4.97. The molecule has 0 amide bonds. The van der Waals surface area contributed by atoms with Crippen LogP contribution in [0.3, 0.4) is 0 Å². The topological polar surface area (TPSA) is 26.0 Å². The third-order valence-corrected chi connectivity index (χ3v) is 3.62. The van der Waals surface area contributed by atoms with E-state index in [1.54, 1.807) is 18.2 Å². The highest BCUT2D eigenvalue weighted by Crippen LogP contribution is 2.21. The Morgan fingerprint density at radius 1 is 0.950 bits per heavy atom. The zero-order valence-corrected chi connectivity index (χ0v) is 12.1. The Balaban J connectivity index is 2.04. The minimum absolute atomic E-state index is 0.0783. The van der Waals surface area contributed by atoms with Gasteiger partial charge in [-0.15, -0.1) is 0 Å². The number of benzene rings is 2. The van der Waals surface area contributed by atoms with Crippen LogP contribution in [0.25, 0.3) is 0 Å². The Bertz CT molecular complexity index is 617. The average molecular weight is 316 g/mol. The van der Waals surface area contributed by atoms with E-state index < -0.39 is 5.82 Å². The van der Waals surface area contributed by atoms with E-state index >= 15 is 0 Å². The van der Waals surface area contributed by atoms with Gasteiger partial charge >= 0.3 is 0 Å². The molecule has 0 saturated heterocycles. The molecule has 0 radical (unpaired) electrons. The lowest BCUT2D eigenvalue weighted by Crippen LogP contribution is -2.25. The number of nitrogens with two attached hydrogens (primary N) is 1. The molecule has 2 rings (SSSR count). The van der Waals surface area contributed by atoms with Gasteiger partial charge < -0.3 is 5.73 Å². The van der Waals surface area contributed by atoms with Gasteiger partial charge in [-0.25, -0.2) is 8.78 Å². The van der Waals surface area contributed by atoms with Crippen molar-refractivity contribution in [1.82, 2.24) is 0 Å². The molecular weight excluding hydrogens is 303 g/mol. The van der Waals surface area contributed by atoms with Gasteiger partial charge in [0.15, 0.2) is 0 Å². The third-order valence-electron chi connectivity index (χ3n) is 2.98. The summed E-state index contributed by atoms with van der Waals surface area (Å²) in [6.45, 7) is 0. The molecule has 1 nitrogen and oxygen atoms in total. The lowest BCUT2D eigenvalue weighted by Gasteiger charge is -2.13. The molecule has 0 aliphatic heterocycles. The van der Waals surface area contributed by atoms with Crippen molar-refractivity contribution in [3.63, 3.8) is 0 Å². The molecule has 5 heteroatoms. The highest BCUT2D eigenvalue weighted by molar-refractivity contribution is 6.31. The van der Waals surface area contributed by atoms with Gasteiger partial charge in [0.2, 0.25) is 0 Å². The molecular formula is C15H13Cl2F2N. The summed E-state index contributed by atoms with van der Waals surface area (Å²) in [6.07, 6.45) is 1.04. The largest absolute Gasteiger partial charge is 0.327 e. The van der Waals surface area contributed by atoms with Gasteiger partial charge in [-0.1, -0.05) is 35.3 Å². The van der Waals surface area contributed by atoms with Crippen LogP contribution >= 0.6 is 23.2 Å². The van der Waals surface area contributed by atoms with Crippen LogP contribution in [0.4, 0.5) is 8.78 Å². The highest BCUT2D eigenvalue weighted by atomic mass is 35.5. The first-order valence-electron chi connectivity index (χ1n) is 6.09. The predicted molar refractivity (Wildman–Crippen MR) is 78.2 cm³/mol. The van der Waals surface area contributed by atoms with Crippen molar-refractivity contribution in [2.45, 2.75) is 18.9 Å². The SMILES string of the molecule is NC(Cc1ccc(F)c(Cl)c1)Cc1ccc(F)cc1Cl. The van der Waals surface area contributed by atoms with Crippen LogP contribution in [0.1, 0.15) is 11.1 Å². The van der Waals surface area contributed by atoms with E-state index in [0.29, 0.717) is 17.9 Å². The van der Waals surface area contributed by atoms with E-state index in [-0.39, 0.29) is 16.9 Å². The second-order valence-electron chi connectivity index (χ2n) is 4.65. The van der Waals surface area contributed by atoms with Gasteiger partial charge in [0.25, 0.3) is 0 Å². The minimum atomic E-state index is -0.453. The van der Waals surface area contributed by atoms with Crippen LogP contribution in [0, 0.1) is 11.6 Å². The molecule has 0 aliphatic carbocycles. The zero-order valence-electron chi connectivity index (χ0n) is 10.5. The predicted octanol–water partition coefficient (Wildman–Crippen LogP) is 4.38. The van der Waals surface area contributed by atoms with Crippen molar-refractivity contribution < 1.29 is 8.78 Å². The van der Waals surface area contributed by atoms with Crippen LogP contribution < -0.4 is 5.73 Å². The Hall–Kier alpha value is -1.16. The second-order valence-corrected chi connectivity index (χ2v) is 5.47. The van der Waals surface area contributed by atoms with Crippen molar-refractivity contribution in [1.29, 1.82) is 0 Å². The molecule has 0 aromatic heterocycles. The van der Waals surface area contributed by atoms with Crippen molar-refractivity contribution in [3.05, 3.63) is 69.2 Å². The standard InChI is InChI=1S/C15H13Cl2F2N/c16-13-8-11(18)3-2-10(13)7-12(20)5-9-1-4-15(19)14(17)6-9/h1-4,6,8,12H,5,7,20H2. The Morgan fingerprint density at radius 2 is 1.70 bits per heavy atom. The van der Waals surface area contributed by atoms with Crippen LogP contribution in [0.5, 0.6) is 0 Å². The normalized spacial score (nSPS) is 12.4. The Labute approximate surface area is 126 Å². The number of hydrogen-bond acceptors (Lipinski definition) is 1. The van der Waals surface area contributed by atoms with Crippen LogP contribution in [-0.2, 0) is 12.8 Å². The van der Waals surface area contributed by atoms with Crippen molar-refractivity contribution >= 4 is 23.2 Å². The molecule has 0 bridgehead atoms. The highest BCUT2D eigenvalue weighted by Gasteiger charge is 2.10. The zero-order chi connectivity index (χ0) is 14.7.